The fourth-order valence-corrected chi connectivity index (χ4v) is 3.80. The Labute approximate surface area is 138 Å². The van der Waals surface area contributed by atoms with Gasteiger partial charge in [-0.3, -0.25) is 4.79 Å². The van der Waals surface area contributed by atoms with Crippen LogP contribution in [0.2, 0.25) is 10.0 Å². The first-order valence-electron chi connectivity index (χ1n) is 7.22. The van der Waals surface area contributed by atoms with Gasteiger partial charge in [-0.25, -0.2) is 0 Å². The van der Waals surface area contributed by atoms with Gasteiger partial charge in [0, 0.05) is 12.6 Å². The minimum atomic E-state index is -0.278. The average molecular weight is 346 g/mol. The summed E-state index contributed by atoms with van der Waals surface area (Å²) >= 11 is 12.2. The van der Waals surface area contributed by atoms with E-state index in [1.54, 1.807) is 4.90 Å². The molecule has 0 unspecified atom stereocenters. The lowest BCUT2D eigenvalue weighted by Crippen LogP contribution is -2.51. The van der Waals surface area contributed by atoms with E-state index in [1.807, 2.05) is 0 Å². The molecule has 5 nitrogen and oxygen atoms in total. The van der Waals surface area contributed by atoms with Gasteiger partial charge in [-0.2, -0.15) is 0 Å². The molecule has 0 spiro atoms. The van der Waals surface area contributed by atoms with Gasteiger partial charge in [0.05, 0.1) is 35.9 Å². The highest BCUT2D eigenvalue weighted by atomic mass is 35.5. The molecule has 120 valence electrons. The lowest BCUT2D eigenvalue weighted by Gasteiger charge is -2.38. The van der Waals surface area contributed by atoms with Crippen LogP contribution < -0.4 is 4.74 Å². The van der Waals surface area contributed by atoms with E-state index in [-0.39, 0.29) is 45.2 Å². The number of aromatic hydroxyl groups is 1. The monoisotopic (exact) mass is 345 g/mol. The first kappa shape index (κ1) is 15.7. The summed E-state index contributed by atoms with van der Waals surface area (Å²) in [7, 11) is 1.42. The molecule has 1 amide bonds. The minimum Gasteiger partial charge on any atom is -0.506 e. The third-order valence-corrected chi connectivity index (χ3v) is 4.98. The number of halogens is 2. The van der Waals surface area contributed by atoms with Crippen molar-refractivity contribution in [1.82, 2.24) is 4.90 Å². The second kappa shape index (κ2) is 6.14. The standard InChI is InChI=1S/C15H17Cl2NO4/c1-21-14-8(16)7-10(19)13(17)12(14)15(20)18-5-6-22-11-4-2-3-9(11)18/h7,9,11,19H,2-6H2,1H3/t9-,11+/m0/s1. The number of amides is 1. The molecule has 1 aliphatic carbocycles. The number of methoxy groups -OCH3 is 1. The van der Waals surface area contributed by atoms with Crippen molar-refractivity contribution in [3.8, 4) is 11.5 Å². The van der Waals surface area contributed by atoms with Crippen LogP contribution in [0.1, 0.15) is 29.6 Å². The predicted molar refractivity (Wildman–Crippen MR) is 83.1 cm³/mol. The normalized spacial score (nSPS) is 24.2. The molecule has 1 heterocycles. The number of rotatable bonds is 2. The molecule has 3 rings (SSSR count). The van der Waals surface area contributed by atoms with Crippen LogP contribution in [0, 0.1) is 0 Å². The molecule has 0 radical (unpaired) electrons. The van der Waals surface area contributed by atoms with Crippen molar-refractivity contribution in [1.29, 1.82) is 0 Å². The van der Waals surface area contributed by atoms with Crippen LogP contribution in [-0.2, 0) is 4.74 Å². The summed E-state index contributed by atoms with van der Waals surface area (Å²) in [5, 5.41) is 9.99. The fraction of sp³-hybridized carbons (Fsp3) is 0.533. The Morgan fingerprint density at radius 3 is 2.95 bits per heavy atom. The average Bonchev–Trinajstić information content (AvgIpc) is 2.98. The molecule has 2 atom stereocenters. The van der Waals surface area contributed by atoms with E-state index in [9.17, 15) is 9.90 Å². The van der Waals surface area contributed by atoms with E-state index in [0.29, 0.717) is 13.2 Å². The van der Waals surface area contributed by atoms with Crippen molar-refractivity contribution in [3.63, 3.8) is 0 Å². The van der Waals surface area contributed by atoms with Crippen LogP contribution >= 0.6 is 23.2 Å². The number of phenolic OH excluding ortho intramolecular Hbond substituents is 1. The molecular formula is C15H17Cl2NO4. The molecule has 1 saturated carbocycles. The summed E-state index contributed by atoms with van der Waals surface area (Å²) in [6.45, 7) is 0.992. The van der Waals surface area contributed by atoms with Crippen molar-refractivity contribution in [2.75, 3.05) is 20.3 Å². The molecule has 1 aromatic rings. The summed E-state index contributed by atoms with van der Waals surface area (Å²) in [5.41, 5.74) is 0.113. The van der Waals surface area contributed by atoms with Crippen LogP contribution in [0.5, 0.6) is 11.5 Å². The van der Waals surface area contributed by atoms with Gasteiger partial charge >= 0.3 is 0 Å². The third-order valence-electron chi connectivity index (χ3n) is 4.31. The molecule has 7 heteroatoms. The van der Waals surface area contributed by atoms with Crippen LogP contribution in [0.3, 0.4) is 0 Å². The summed E-state index contributed by atoms with van der Waals surface area (Å²) in [6, 6.07) is 1.32. The Balaban J connectivity index is 2.01. The van der Waals surface area contributed by atoms with E-state index in [0.717, 1.165) is 19.3 Å². The number of hydrogen-bond acceptors (Lipinski definition) is 4. The van der Waals surface area contributed by atoms with Gasteiger partial charge in [-0.05, 0) is 19.3 Å². The van der Waals surface area contributed by atoms with Crippen molar-refractivity contribution in [3.05, 3.63) is 21.7 Å². The van der Waals surface area contributed by atoms with Gasteiger partial charge in [0.2, 0.25) is 0 Å². The SMILES string of the molecule is COc1c(Cl)cc(O)c(Cl)c1C(=O)N1CCO[C@@H]2CCC[C@@H]21. The second-order valence-electron chi connectivity index (χ2n) is 5.51. The van der Waals surface area contributed by atoms with E-state index in [4.69, 9.17) is 32.7 Å². The van der Waals surface area contributed by atoms with Gasteiger partial charge in [0.25, 0.3) is 5.91 Å². The zero-order chi connectivity index (χ0) is 15.9. The predicted octanol–water partition coefficient (Wildman–Crippen LogP) is 3.10. The number of carbonyl (C=O) groups is 1. The van der Waals surface area contributed by atoms with Gasteiger partial charge in [0.15, 0.2) is 5.75 Å². The number of carbonyl (C=O) groups excluding carboxylic acids is 1. The van der Waals surface area contributed by atoms with Gasteiger partial charge in [0.1, 0.15) is 11.3 Å². The number of phenols is 1. The Morgan fingerprint density at radius 1 is 1.45 bits per heavy atom. The lowest BCUT2D eigenvalue weighted by atomic mass is 10.1. The van der Waals surface area contributed by atoms with Crippen LogP contribution in [0.25, 0.3) is 0 Å². The summed E-state index contributed by atoms with van der Waals surface area (Å²) in [4.78, 5) is 14.7. The van der Waals surface area contributed by atoms with Crippen molar-refractivity contribution in [2.45, 2.75) is 31.4 Å². The molecule has 0 bridgehead atoms. The number of benzene rings is 1. The third kappa shape index (κ3) is 2.51. The molecule has 1 aromatic carbocycles. The van der Waals surface area contributed by atoms with Crippen molar-refractivity contribution in [2.24, 2.45) is 0 Å². The van der Waals surface area contributed by atoms with E-state index in [2.05, 4.69) is 0 Å². The quantitative estimate of drug-likeness (QED) is 0.894. The molecule has 1 N–H and O–H groups in total. The van der Waals surface area contributed by atoms with Crippen LogP contribution in [-0.4, -0.2) is 48.3 Å². The Hall–Kier alpha value is -1.17. The largest absolute Gasteiger partial charge is 0.506 e. The highest BCUT2D eigenvalue weighted by Gasteiger charge is 2.40. The molecule has 0 aromatic heterocycles. The highest BCUT2D eigenvalue weighted by molar-refractivity contribution is 6.38. The second-order valence-corrected chi connectivity index (χ2v) is 6.29. The maximum atomic E-state index is 13.0. The molecule has 2 aliphatic rings. The molecule has 2 fully saturated rings. The fourth-order valence-electron chi connectivity index (χ4n) is 3.31. The van der Waals surface area contributed by atoms with Gasteiger partial charge in [-0.1, -0.05) is 23.2 Å². The topological polar surface area (TPSA) is 59.0 Å². The Kier molecular flexibility index (Phi) is 4.39. The van der Waals surface area contributed by atoms with Crippen molar-refractivity contribution >= 4 is 29.1 Å². The number of ether oxygens (including phenoxy) is 2. The first-order chi connectivity index (χ1) is 10.5. The summed E-state index contributed by atoms with van der Waals surface area (Å²) in [6.07, 6.45) is 2.98. The minimum absolute atomic E-state index is 0.0349. The molecule has 1 aliphatic heterocycles. The Bertz CT molecular complexity index is 608. The maximum absolute atomic E-state index is 13.0. The van der Waals surface area contributed by atoms with Gasteiger partial charge < -0.3 is 19.5 Å². The molecule has 22 heavy (non-hydrogen) atoms. The first-order valence-corrected chi connectivity index (χ1v) is 7.97. The van der Waals surface area contributed by atoms with Crippen LogP contribution in [0.4, 0.5) is 0 Å². The summed E-state index contributed by atoms with van der Waals surface area (Å²) in [5.74, 6) is -0.317. The lowest BCUT2D eigenvalue weighted by molar-refractivity contribution is -0.0446. The van der Waals surface area contributed by atoms with E-state index in [1.165, 1.54) is 13.2 Å². The zero-order valence-electron chi connectivity index (χ0n) is 12.1. The summed E-state index contributed by atoms with van der Waals surface area (Å²) < 4.78 is 10.9. The van der Waals surface area contributed by atoms with E-state index < -0.39 is 0 Å². The number of nitrogens with zero attached hydrogens (tertiary/aromatic N) is 1. The molecule has 1 saturated heterocycles. The van der Waals surface area contributed by atoms with Crippen molar-refractivity contribution < 1.29 is 19.4 Å². The number of morpholine rings is 1. The van der Waals surface area contributed by atoms with Crippen LogP contribution in [0.15, 0.2) is 6.07 Å². The van der Waals surface area contributed by atoms with E-state index >= 15 is 0 Å². The molecular weight excluding hydrogens is 329 g/mol. The smallest absolute Gasteiger partial charge is 0.259 e. The zero-order valence-corrected chi connectivity index (χ0v) is 13.7. The Morgan fingerprint density at radius 2 is 2.23 bits per heavy atom. The highest BCUT2D eigenvalue weighted by Crippen LogP contribution is 2.42. The van der Waals surface area contributed by atoms with Gasteiger partial charge in [-0.15, -0.1) is 0 Å². The maximum Gasteiger partial charge on any atom is 0.259 e. The number of fused-ring (bicyclic) bond motifs is 1. The number of hydrogen-bond donors (Lipinski definition) is 1.